The molecular formula is C20H21N3O2. The number of hydrogen-bond donors (Lipinski definition) is 2. The van der Waals surface area contributed by atoms with Gasteiger partial charge < -0.3 is 15.4 Å². The van der Waals surface area contributed by atoms with Crippen molar-refractivity contribution in [2.24, 2.45) is 0 Å². The van der Waals surface area contributed by atoms with Gasteiger partial charge >= 0.3 is 6.03 Å². The molecule has 0 radical (unpaired) electrons. The van der Waals surface area contributed by atoms with Crippen molar-refractivity contribution in [1.29, 1.82) is 0 Å². The Kier molecular flexibility index (Phi) is 5.46. The summed E-state index contributed by atoms with van der Waals surface area (Å²) in [5.74, 6) is 0.680. The van der Waals surface area contributed by atoms with Crippen LogP contribution in [0.25, 0.3) is 10.9 Å². The van der Waals surface area contributed by atoms with E-state index in [1.54, 1.807) is 19.4 Å². The summed E-state index contributed by atoms with van der Waals surface area (Å²) in [4.78, 5) is 16.5. The number of aromatic nitrogens is 1. The summed E-state index contributed by atoms with van der Waals surface area (Å²) < 4.78 is 5.29. The van der Waals surface area contributed by atoms with Gasteiger partial charge in [0.05, 0.1) is 18.3 Å². The van der Waals surface area contributed by atoms with Crippen LogP contribution in [0.4, 0.5) is 10.5 Å². The van der Waals surface area contributed by atoms with Crippen molar-refractivity contribution in [3.63, 3.8) is 0 Å². The first-order chi connectivity index (χ1) is 12.3. The number of hydrogen-bond acceptors (Lipinski definition) is 3. The highest BCUT2D eigenvalue weighted by molar-refractivity contribution is 6.00. The zero-order chi connectivity index (χ0) is 17.5. The lowest BCUT2D eigenvalue weighted by Gasteiger charge is -2.11. The van der Waals surface area contributed by atoms with Crippen molar-refractivity contribution in [3.8, 4) is 5.75 Å². The summed E-state index contributed by atoms with van der Waals surface area (Å²) in [6.07, 6.45) is 3.52. The van der Waals surface area contributed by atoms with E-state index < -0.39 is 0 Å². The molecule has 0 fully saturated rings. The molecule has 3 rings (SSSR count). The van der Waals surface area contributed by atoms with Gasteiger partial charge in [0.2, 0.25) is 0 Å². The quantitative estimate of drug-likeness (QED) is 0.669. The number of carbonyl (C=O) groups is 1. The van der Waals surface area contributed by atoms with Crippen LogP contribution in [0.5, 0.6) is 5.75 Å². The van der Waals surface area contributed by atoms with Gasteiger partial charge in [-0.25, -0.2) is 4.79 Å². The van der Waals surface area contributed by atoms with E-state index in [1.165, 1.54) is 5.56 Å². The fourth-order valence-electron chi connectivity index (χ4n) is 2.68. The van der Waals surface area contributed by atoms with Crippen molar-refractivity contribution in [1.82, 2.24) is 10.3 Å². The number of anilines is 1. The van der Waals surface area contributed by atoms with Gasteiger partial charge in [0.15, 0.2) is 0 Å². The Balaban J connectivity index is 1.58. The van der Waals surface area contributed by atoms with Crippen molar-refractivity contribution in [2.45, 2.75) is 12.8 Å². The fraction of sp³-hybridized carbons (Fsp3) is 0.200. The Bertz CT molecular complexity index is 850. The maximum absolute atomic E-state index is 12.2. The van der Waals surface area contributed by atoms with Gasteiger partial charge in [-0.1, -0.05) is 36.4 Å². The Labute approximate surface area is 147 Å². The van der Waals surface area contributed by atoms with E-state index in [0.717, 1.165) is 23.7 Å². The third-order valence-electron chi connectivity index (χ3n) is 3.93. The topological polar surface area (TPSA) is 63.2 Å². The molecule has 1 aromatic heterocycles. The largest absolute Gasteiger partial charge is 0.497 e. The van der Waals surface area contributed by atoms with Crippen LogP contribution in [0.15, 0.2) is 60.8 Å². The molecule has 128 valence electrons. The fourth-order valence-corrected chi connectivity index (χ4v) is 2.68. The van der Waals surface area contributed by atoms with E-state index in [1.807, 2.05) is 36.4 Å². The molecule has 0 bridgehead atoms. The molecule has 2 N–H and O–H groups in total. The van der Waals surface area contributed by atoms with E-state index in [2.05, 4.69) is 27.8 Å². The lowest BCUT2D eigenvalue weighted by Crippen LogP contribution is -2.29. The monoisotopic (exact) mass is 335 g/mol. The minimum absolute atomic E-state index is 0.242. The van der Waals surface area contributed by atoms with Gasteiger partial charge in [-0.15, -0.1) is 0 Å². The average Bonchev–Trinajstić information content (AvgIpc) is 2.66. The molecule has 0 aliphatic heterocycles. The summed E-state index contributed by atoms with van der Waals surface area (Å²) in [6.45, 7) is 0.607. The van der Waals surface area contributed by atoms with E-state index in [0.29, 0.717) is 18.0 Å². The van der Waals surface area contributed by atoms with Gasteiger partial charge in [-0.05, 0) is 30.5 Å². The summed E-state index contributed by atoms with van der Waals surface area (Å²) in [6, 6.07) is 17.5. The molecule has 1 heterocycles. The normalized spacial score (nSPS) is 10.4. The first kappa shape index (κ1) is 16.8. The molecule has 0 saturated carbocycles. The van der Waals surface area contributed by atoms with Crippen LogP contribution in [-0.2, 0) is 6.42 Å². The molecule has 0 atom stereocenters. The molecule has 0 spiro atoms. The molecule has 2 aromatic carbocycles. The molecule has 5 nitrogen and oxygen atoms in total. The van der Waals surface area contributed by atoms with Crippen LogP contribution in [0.3, 0.4) is 0 Å². The van der Waals surface area contributed by atoms with E-state index >= 15 is 0 Å². The molecule has 3 aromatic rings. The van der Waals surface area contributed by atoms with Gasteiger partial charge in [-0.3, -0.25) is 4.98 Å². The second-order valence-corrected chi connectivity index (χ2v) is 5.72. The molecular weight excluding hydrogens is 314 g/mol. The Morgan fingerprint density at radius 3 is 2.76 bits per heavy atom. The number of carbonyl (C=O) groups excluding carboxylic acids is 1. The van der Waals surface area contributed by atoms with Crippen molar-refractivity contribution < 1.29 is 9.53 Å². The van der Waals surface area contributed by atoms with Crippen LogP contribution in [0.1, 0.15) is 12.0 Å². The number of ether oxygens (including phenoxy) is 1. The van der Waals surface area contributed by atoms with Crippen LogP contribution in [-0.4, -0.2) is 24.7 Å². The predicted molar refractivity (Wildman–Crippen MR) is 100 cm³/mol. The van der Waals surface area contributed by atoms with Crippen LogP contribution >= 0.6 is 0 Å². The number of pyridine rings is 1. The third kappa shape index (κ3) is 4.47. The lowest BCUT2D eigenvalue weighted by atomic mass is 10.1. The zero-order valence-electron chi connectivity index (χ0n) is 14.2. The number of nitrogens with one attached hydrogen (secondary N) is 2. The molecule has 2 amide bonds. The summed E-state index contributed by atoms with van der Waals surface area (Å²) >= 11 is 0. The maximum atomic E-state index is 12.2. The zero-order valence-corrected chi connectivity index (χ0v) is 14.2. The highest BCUT2D eigenvalue weighted by Crippen LogP contribution is 2.27. The first-order valence-corrected chi connectivity index (χ1v) is 8.28. The molecule has 0 unspecified atom stereocenters. The average molecular weight is 335 g/mol. The highest BCUT2D eigenvalue weighted by atomic mass is 16.5. The van der Waals surface area contributed by atoms with E-state index in [4.69, 9.17) is 4.74 Å². The van der Waals surface area contributed by atoms with Crippen molar-refractivity contribution in [2.75, 3.05) is 19.0 Å². The van der Waals surface area contributed by atoms with Crippen LogP contribution in [0.2, 0.25) is 0 Å². The summed E-state index contributed by atoms with van der Waals surface area (Å²) in [5, 5.41) is 6.67. The summed E-state index contributed by atoms with van der Waals surface area (Å²) in [5.41, 5.74) is 2.64. The minimum Gasteiger partial charge on any atom is -0.497 e. The number of urea groups is 1. The van der Waals surface area contributed by atoms with Gasteiger partial charge in [-0.2, -0.15) is 0 Å². The molecule has 0 aliphatic carbocycles. The number of benzene rings is 2. The molecule has 5 heteroatoms. The second-order valence-electron chi connectivity index (χ2n) is 5.72. The molecule has 25 heavy (non-hydrogen) atoms. The smallest absolute Gasteiger partial charge is 0.319 e. The number of fused-ring (bicyclic) bond motifs is 1. The number of amides is 2. The van der Waals surface area contributed by atoms with Gasteiger partial charge in [0.1, 0.15) is 5.75 Å². The van der Waals surface area contributed by atoms with Crippen molar-refractivity contribution >= 4 is 22.6 Å². The van der Waals surface area contributed by atoms with E-state index in [-0.39, 0.29) is 6.03 Å². The molecule has 0 saturated heterocycles. The van der Waals surface area contributed by atoms with Gasteiger partial charge in [0, 0.05) is 24.2 Å². The van der Waals surface area contributed by atoms with Crippen LogP contribution in [0, 0.1) is 0 Å². The Morgan fingerprint density at radius 2 is 1.96 bits per heavy atom. The number of rotatable bonds is 6. The molecule has 0 aliphatic rings. The van der Waals surface area contributed by atoms with Gasteiger partial charge in [0.25, 0.3) is 0 Å². The lowest BCUT2D eigenvalue weighted by molar-refractivity contribution is 0.252. The number of aryl methyl sites for hydroxylation is 1. The Morgan fingerprint density at radius 1 is 1.12 bits per heavy atom. The van der Waals surface area contributed by atoms with Crippen LogP contribution < -0.4 is 15.4 Å². The number of methoxy groups -OCH3 is 1. The first-order valence-electron chi connectivity index (χ1n) is 8.28. The Hall–Kier alpha value is -3.08. The predicted octanol–water partition coefficient (Wildman–Crippen LogP) is 4.00. The standard InChI is InChI=1S/C20H21N3O2/c1-25-17-13-16-10-6-11-21-19(16)18(14-17)23-20(24)22-12-5-9-15-7-3-2-4-8-15/h2-4,6-8,10-11,13-14H,5,9,12H2,1H3,(H2,22,23,24). The maximum Gasteiger partial charge on any atom is 0.319 e. The SMILES string of the molecule is COc1cc(NC(=O)NCCCc2ccccc2)c2ncccc2c1. The number of nitrogens with zero attached hydrogens (tertiary/aromatic N) is 1. The summed E-state index contributed by atoms with van der Waals surface area (Å²) in [7, 11) is 1.60. The third-order valence-corrected chi connectivity index (χ3v) is 3.93. The van der Waals surface area contributed by atoms with Crippen molar-refractivity contribution in [3.05, 3.63) is 66.4 Å². The highest BCUT2D eigenvalue weighted by Gasteiger charge is 2.09. The second kappa shape index (κ2) is 8.15. The van der Waals surface area contributed by atoms with E-state index in [9.17, 15) is 4.79 Å². The minimum atomic E-state index is -0.242.